The molecule has 0 spiro atoms. The van der Waals surface area contributed by atoms with E-state index in [0.717, 1.165) is 18.6 Å². The molecule has 16 heteroatoms. The van der Waals surface area contributed by atoms with Gasteiger partial charge >= 0.3 is 12.7 Å². The molecule has 2 aromatic heterocycles. The van der Waals surface area contributed by atoms with Crippen molar-refractivity contribution in [2.75, 3.05) is 46.4 Å². The number of alkyl halides is 5. The number of rotatable bonds is 10. The van der Waals surface area contributed by atoms with Crippen molar-refractivity contribution in [3.8, 4) is 5.75 Å². The number of hydrazone groups is 1. The molecule has 0 saturated carbocycles. The number of imidazole rings is 1. The van der Waals surface area contributed by atoms with Gasteiger partial charge in [-0.2, -0.15) is 27.1 Å². The number of ether oxygens (including phenoxy) is 1. The summed E-state index contributed by atoms with van der Waals surface area (Å²) in [6.07, 6.45) is -1.30. The highest BCUT2D eigenvalue weighted by atomic mass is 19.4. The molecule has 4 heterocycles. The number of aliphatic imine (C=N–C) groups is 1. The molecule has 1 atom stereocenters. The average molecular weight is 655 g/mol. The second kappa shape index (κ2) is 12.8. The largest absolute Gasteiger partial charge is 0.488 e. The van der Waals surface area contributed by atoms with Crippen LogP contribution in [0.4, 0.5) is 26.3 Å². The van der Waals surface area contributed by atoms with Crippen LogP contribution in [-0.4, -0.2) is 99.5 Å². The van der Waals surface area contributed by atoms with Gasteiger partial charge in [0.25, 0.3) is 0 Å². The first kappa shape index (κ1) is 33.6. The molecule has 0 radical (unpaired) electrons. The average Bonchev–Trinajstić information content (AvgIpc) is 3.41. The topological polar surface area (TPSA) is 117 Å². The molecule has 0 aliphatic carbocycles. The van der Waals surface area contributed by atoms with E-state index in [1.807, 2.05) is 4.90 Å². The van der Waals surface area contributed by atoms with Gasteiger partial charge in [-0.1, -0.05) is 0 Å². The van der Waals surface area contributed by atoms with Gasteiger partial charge in [0.15, 0.2) is 0 Å². The van der Waals surface area contributed by atoms with Crippen LogP contribution in [0.15, 0.2) is 46.9 Å². The van der Waals surface area contributed by atoms with E-state index in [1.165, 1.54) is 25.1 Å². The van der Waals surface area contributed by atoms with Crippen LogP contribution < -0.4 is 10.6 Å². The SMILES string of the molecule is CC(=NC1CCN(CC2(C(F)(F)F)CN(C)C2)CC1)/C(=N\N)c1cc(OCC(C)(O)c2ccc(F)cn2)c2c(c1)ncn2C(F)F. The van der Waals surface area contributed by atoms with Gasteiger partial charge < -0.3 is 25.5 Å². The van der Waals surface area contributed by atoms with Gasteiger partial charge in [-0.3, -0.25) is 14.5 Å². The van der Waals surface area contributed by atoms with E-state index >= 15 is 0 Å². The Labute approximate surface area is 261 Å². The zero-order chi connectivity index (χ0) is 33.4. The Hall–Kier alpha value is -3.76. The van der Waals surface area contributed by atoms with E-state index in [9.17, 15) is 31.4 Å². The number of piperidine rings is 1. The number of aliphatic hydroxyl groups is 1. The van der Waals surface area contributed by atoms with Crippen LogP contribution in [0.25, 0.3) is 11.0 Å². The Bertz CT molecular complexity index is 1590. The minimum atomic E-state index is -4.28. The number of halogens is 6. The Balaban J connectivity index is 1.34. The molecule has 0 bridgehead atoms. The van der Waals surface area contributed by atoms with Crippen LogP contribution in [0.2, 0.25) is 0 Å². The monoisotopic (exact) mass is 654 g/mol. The number of benzene rings is 1. The fraction of sp³-hybridized carbons (Fsp3) is 0.533. The van der Waals surface area contributed by atoms with Gasteiger partial charge in [-0.25, -0.2) is 9.37 Å². The molecule has 1 unspecified atom stereocenters. The third-order valence-corrected chi connectivity index (χ3v) is 8.58. The number of aromatic nitrogens is 3. The highest BCUT2D eigenvalue weighted by Gasteiger charge is 2.61. The van der Waals surface area contributed by atoms with E-state index in [1.54, 1.807) is 18.9 Å². The summed E-state index contributed by atoms with van der Waals surface area (Å²) < 4.78 is 89.0. The van der Waals surface area contributed by atoms with Gasteiger partial charge in [0.05, 0.1) is 29.2 Å². The van der Waals surface area contributed by atoms with E-state index in [0.29, 0.717) is 41.8 Å². The molecule has 0 amide bonds. The van der Waals surface area contributed by atoms with Crippen LogP contribution in [0.1, 0.15) is 44.5 Å². The van der Waals surface area contributed by atoms with E-state index in [4.69, 9.17) is 15.6 Å². The van der Waals surface area contributed by atoms with Crippen LogP contribution >= 0.6 is 0 Å². The van der Waals surface area contributed by atoms with Crippen LogP contribution in [0, 0.1) is 11.2 Å². The number of nitrogens with zero attached hydrogens (tertiary/aromatic N) is 7. The van der Waals surface area contributed by atoms with E-state index < -0.39 is 36.2 Å². The smallest absolute Gasteiger partial charge is 0.398 e. The van der Waals surface area contributed by atoms with Crippen molar-refractivity contribution in [2.45, 2.75) is 51.1 Å². The normalized spacial score (nSPS) is 20.2. The summed E-state index contributed by atoms with van der Waals surface area (Å²) in [7, 11) is 1.68. The number of likely N-dealkylation sites (tertiary alicyclic amines) is 2. The zero-order valence-corrected chi connectivity index (χ0v) is 25.6. The van der Waals surface area contributed by atoms with Crippen LogP contribution in [-0.2, 0) is 5.60 Å². The summed E-state index contributed by atoms with van der Waals surface area (Å²) in [6.45, 7) is 0.536. The second-order valence-electron chi connectivity index (χ2n) is 12.3. The molecular formula is C30H36F6N8O2. The summed E-state index contributed by atoms with van der Waals surface area (Å²) in [5.41, 5.74) is -2.16. The summed E-state index contributed by atoms with van der Waals surface area (Å²) in [4.78, 5) is 16.3. The molecule has 10 nitrogen and oxygen atoms in total. The lowest BCUT2D eigenvalue weighted by atomic mass is 9.78. The molecule has 46 heavy (non-hydrogen) atoms. The highest BCUT2D eigenvalue weighted by Crippen LogP contribution is 2.45. The number of nitrogens with two attached hydrogens (primary N) is 1. The van der Waals surface area contributed by atoms with Gasteiger partial charge in [0, 0.05) is 38.3 Å². The number of hydrogen-bond acceptors (Lipinski definition) is 9. The summed E-state index contributed by atoms with van der Waals surface area (Å²) in [6, 6.07) is 5.19. The van der Waals surface area contributed by atoms with Crippen molar-refractivity contribution < 1.29 is 36.2 Å². The number of pyridine rings is 1. The first-order valence-electron chi connectivity index (χ1n) is 14.7. The molecular weight excluding hydrogens is 618 g/mol. The molecule has 5 rings (SSSR count). The fourth-order valence-corrected chi connectivity index (χ4v) is 6.22. The molecule has 2 fully saturated rings. The number of hydrogen-bond donors (Lipinski definition) is 2. The maximum Gasteiger partial charge on any atom is 0.398 e. The van der Waals surface area contributed by atoms with Gasteiger partial charge in [-0.15, -0.1) is 0 Å². The lowest BCUT2D eigenvalue weighted by Gasteiger charge is -2.51. The molecule has 3 N–H and O–H groups in total. The quantitative estimate of drug-likeness (QED) is 0.145. The van der Waals surface area contributed by atoms with E-state index in [-0.39, 0.29) is 53.9 Å². The minimum absolute atomic E-state index is 0.0176. The van der Waals surface area contributed by atoms with Gasteiger partial charge in [0.1, 0.15) is 46.7 Å². The summed E-state index contributed by atoms with van der Waals surface area (Å²) >= 11 is 0. The molecule has 2 aliphatic rings. The molecule has 1 aromatic carbocycles. The van der Waals surface area contributed by atoms with Crippen molar-refractivity contribution in [3.63, 3.8) is 0 Å². The summed E-state index contributed by atoms with van der Waals surface area (Å²) in [5.74, 6) is 5.14. The molecule has 2 saturated heterocycles. The van der Waals surface area contributed by atoms with E-state index in [2.05, 4.69) is 15.1 Å². The predicted octanol–water partition coefficient (Wildman–Crippen LogP) is 4.33. The lowest BCUT2D eigenvalue weighted by molar-refractivity contribution is -0.269. The standard InChI is InChI=1S/C30H36F6N8O2/c1-18(40-21-6-8-43(9-7-21)15-29(30(34,35)36)13-42(3)14-29)25(41-37)19-10-22-26(44(17-39-22)27(32)33)23(11-19)46-16-28(2,45)24-5-4-20(31)12-38-24/h4-5,10-12,17,21,27,45H,6-9,13-16,37H2,1-3H3/b40-18?,41-25+. The highest BCUT2D eigenvalue weighted by molar-refractivity contribution is 6.47. The first-order chi connectivity index (χ1) is 21.6. The van der Waals surface area contributed by atoms with Gasteiger partial charge in [-0.05, 0) is 58.0 Å². The Morgan fingerprint density at radius 2 is 1.87 bits per heavy atom. The Morgan fingerprint density at radius 3 is 2.43 bits per heavy atom. The van der Waals surface area contributed by atoms with Crippen molar-refractivity contribution in [1.29, 1.82) is 0 Å². The molecule has 2 aliphatic heterocycles. The fourth-order valence-electron chi connectivity index (χ4n) is 6.22. The predicted molar refractivity (Wildman–Crippen MR) is 160 cm³/mol. The maximum absolute atomic E-state index is 13.9. The Kier molecular flexibility index (Phi) is 9.35. The minimum Gasteiger partial charge on any atom is -0.488 e. The van der Waals surface area contributed by atoms with Crippen molar-refractivity contribution in [2.24, 2.45) is 21.4 Å². The molecule has 3 aromatic rings. The van der Waals surface area contributed by atoms with Gasteiger partial charge in [0.2, 0.25) is 0 Å². The van der Waals surface area contributed by atoms with Crippen molar-refractivity contribution in [1.82, 2.24) is 24.3 Å². The first-order valence-corrected chi connectivity index (χ1v) is 14.7. The van der Waals surface area contributed by atoms with Crippen LogP contribution in [0.3, 0.4) is 0 Å². The summed E-state index contributed by atoms with van der Waals surface area (Å²) in [5, 5.41) is 14.9. The number of fused-ring (bicyclic) bond motifs is 1. The van der Waals surface area contributed by atoms with Crippen molar-refractivity contribution >= 4 is 22.5 Å². The second-order valence-corrected chi connectivity index (χ2v) is 12.3. The molecule has 250 valence electrons. The maximum atomic E-state index is 13.9. The van der Waals surface area contributed by atoms with Crippen LogP contribution in [0.5, 0.6) is 5.75 Å². The lowest BCUT2D eigenvalue weighted by Crippen LogP contribution is -2.66. The zero-order valence-electron chi connectivity index (χ0n) is 25.6. The Morgan fingerprint density at radius 1 is 1.17 bits per heavy atom. The van der Waals surface area contributed by atoms with Crippen molar-refractivity contribution in [3.05, 3.63) is 53.9 Å². The third kappa shape index (κ3) is 6.83. The third-order valence-electron chi connectivity index (χ3n) is 8.58.